The second kappa shape index (κ2) is 7.29. The van der Waals surface area contributed by atoms with Gasteiger partial charge in [0.1, 0.15) is 5.65 Å². The summed E-state index contributed by atoms with van der Waals surface area (Å²) in [6, 6.07) is 17.8. The normalized spacial score (nSPS) is 11.0. The Morgan fingerprint density at radius 3 is 2.74 bits per heavy atom. The van der Waals surface area contributed by atoms with E-state index in [0.717, 1.165) is 33.4 Å². The van der Waals surface area contributed by atoms with E-state index in [1.807, 2.05) is 60.8 Å². The molecule has 0 bridgehead atoms. The van der Waals surface area contributed by atoms with Crippen LogP contribution in [0.3, 0.4) is 0 Å². The monoisotopic (exact) mass is 379 g/mol. The van der Waals surface area contributed by atoms with Crippen molar-refractivity contribution in [2.24, 2.45) is 0 Å². The molecule has 4 rings (SSSR count). The fraction of sp³-hybridized carbons (Fsp3) is 0.143. The molecule has 5 nitrogen and oxygen atoms in total. The number of imidazole rings is 1. The van der Waals surface area contributed by atoms with Crippen LogP contribution >= 0.6 is 11.6 Å². The van der Waals surface area contributed by atoms with Gasteiger partial charge >= 0.3 is 6.09 Å². The quantitative estimate of drug-likeness (QED) is 0.501. The molecule has 6 heteroatoms. The number of benzene rings is 2. The molecule has 2 aromatic carbocycles. The highest BCUT2D eigenvalue weighted by molar-refractivity contribution is 6.18. The van der Waals surface area contributed by atoms with Gasteiger partial charge in [-0.15, -0.1) is 11.6 Å². The van der Waals surface area contributed by atoms with Crippen molar-refractivity contribution in [2.75, 3.05) is 18.3 Å². The zero-order valence-corrected chi connectivity index (χ0v) is 15.5. The third-order valence-electron chi connectivity index (χ3n) is 4.52. The summed E-state index contributed by atoms with van der Waals surface area (Å²) in [5.41, 5.74) is 4.54. The average molecular weight is 380 g/mol. The van der Waals surface area contributed by atoms with E-state index in [1.54, 1.807) is 0 Å². The molecule has 0 radical (unpaired) electrons. The van der Waals surface area contributed by atoms with Crippen LogP contribution in [0.25, 0.3) is 27.7 Å². The smallest absolute Gasteiger partial charge is 0.411 e. The van der Waals surface area contributed by atoms with E-state index in [1.165, 1.54) is 7.11 Å². The first kappa shape index (κ1) is 17.4. The number of hydrogen-bond donors (Lipinski definition) is 1. The summed E-state index contributed by atoms with van der Waals surface area (Å²) in [4.78, 5) is 16.5. The number of halogens is 1. The number of rotatable bonds is 4. The molecular formula is C21H18ClN3O2. The van der Waals surface area contributed by atoms with Crippen molar-refractivity contribution in [3.63, 3.8) is 0 Å². The van der Waals surface area contributed by atoms with Gasteiger partial charge in [0.15, 0.2) is 0 Å². The first-order chi connectivity index (χ1) is 13.2. The molecule has 0 aliphatic rings. The molecular weight excluding hydrogens is 362 g/mol. The molecule has 0 spiro atoms. The van der Waals surface area contributed by atoms with Gasteiger partial charge in [0.05, 0.1) is 18.5 Å². The van der Waals surface area contributed by atoms with E-state index in [9.17, 15) is 4.79 Å². The molecule has 1 amide bonds. The van der Waals surface area contributed by atoms with E-state index in [2.05, 4.69) is 14.5 Å². The van der Waals surface area contributed by atoms with E-state index < -0.39 is 6.09 Å². The molecule has 4 aromatic rings. The summed E-state index contributed by atoms with van der Waals surface area (Å²) in [6.45, 7) is 0. The Morgan fingerprint density at radius 1 is 1.19 bits per heavy atom. The lowest BCUT2D eigenvalue weighted by Crippen LogP contribution is -2.10. The predicted octanol–water partition coefficient (Wildman–Crippen LogP) is 5.11. The minimum Gasteiger partial charge on any atom is -0.453 e. The number of alkyl halides is 1. The fourth-order valence-electron chi connectivity index (χ4n) is 3.27. The van der Waals surface area contributed by atoms with E-state index in [0.29, 0.717) is 18.0 Å². The SMILES string of the molecule is COC(=O)Nc1ccc2ccn3c(CCCl)c(-c4ccccc4)nc3c2c1. The highest BCUT2D eigenvalue weighted by atomic mass is 35.5. The molecule has 2 heterocycles. The minimum atomic E-state index is -0.502. The summed E-state index contributed by atoms with van der Waals surface area (Å²) in [7, 11) is 1.34. The van der Waals surface area contributed by atoms with Crippen molar-refractivity contribution >= 4 is 39.8 Å². The number of anilines is 1. The maximum Gasteiger partial charge on any atom is 0.411 e. The molecule has 27 heavy (non-hydrogen) atoms. The van der Waals surface area contributed by atoms with Gasteiger partial charge in [-0.1, -0.05) is 36.4 Å². The maximum atomic E-state index is 11.5. The summed E-state index contributed by atoms with van der Waals surface area (Å²) in [6.07, 6.45) is 2.22. The van der Waals surface area contributed by atoms with Crippen molar-refractivity contribution in [1.82, 2.24) is 9.38 Å². The van der Waals surface area contributed by atoms with Crippen LogP contribution in [0.4, 0.5) is 10.5 Å². The van der Waals surface area contributed by atoms with Crippen molar-refractivity contribution < 1.29 is 9.53 Å². The van der Waals surface area contributed by atoms with Crippen molar-refractivity contribution in [3.8, 4) is 11.3 Å². The van der Waals surface area contributed by atoms with Crippen LogP contribution in [0.1, 0.15) is 5.69 Å². The van der Waals surface area contributed by atoms with Gasteiger partial charge in [0, 0.05) is 35.1 Å². The predicted molar refractivity (Wildman–Crippen MR) is 109 cm³/mol. The van der Waals surface area contributed by atoms with Crippen molar-refractivity contribution in [1.29, 1.82) is 0 Å². The number of fused-ring (bicyclic) bond motifs is 3. The standard InChI is InChI=1S/C21H18ClN3O2/c1-27-21(26)23-16-8-7-14-10-12-25-18(9-11-22)19(15-5-3-2-4-6-15)24-20(25)17(14)13-16/h2-8,10,12-13H,9,11H2,1H3,(H,23,26). The van der Waals surface area contributed by atoms with Crippen LogP contribution in [0, 0.1) is 0 Å². The number of aryl methyl sites for hydroxylation is 1. The Labute approximate surface area is 161 Å². The van der Waals surface area contributed by atoms with E-state index >= 15 is 0 Å². The average Bonchev–Trinajstić information content (AvgIpc) is 3.08. The number of ether oxygens (including phenoxy) is 1. The van der Waals surface area contributed by atoms with Crippen LogP contribution in [-0.2, 0) is 11.2 Å². The second-order valence-corrected chi connectivity index (χ2v) is 6.52. The molecule has 0 aliphatic heterocycles. The van der Waals surface area contributed by atoms with Crippen LogP contribution < -0.4 is 5.32 Å². The van der Waals surface area contributed by atoms with Crippen LogP contribution in [0.5, 0.6) is 0 Å². The van der Waals surface area contributed by atoms with Gasteiger partial charge in [-0.25, -0.2) is 9.78 Å². The number of methoxy groups -OCH3 is 1. The zero-order valence-electron chi connectivity index (χ0n) is 14.8. The Morgan fingerprint density at radius 2 is 2.00 bits per heavy atom. The molecule has 136 valence electrons. The number of hydrogen-bond acceptors (Lipinski definition) is 3. The Bertz CT molecular complexity index is 1120. The molecule has 0 aliphatic carbocycles. The number of nitrogens with one attached hydrogen (secondary N) is 1. The van der Waals surface area contributed by atoms with Gasteiger partial charge < -0.3 is 9.14 Å². The molecule has 1 N–H and O–H groups in total. The number of nitrogens with zero attached hydrogens (tertiary/aromatic N) is 2. The Hall–Kier alpha value is -3.05. The third-order valence-corrected chi connectivity index (χ3v) is 4.71. The molecule has 0 saturated carbocycles. The molecule has 2 aromatic heterocycles. The minimum absolute atomic E-state index is 0.502. The molecule has 0 unspecified atom stereocenters. The third kappa shape index (κ3) is 3.22. The fourth-order valence-corrected chi connectivity index (χ4v) is 3.45. The largest absolute Gasteiger partial charge is 0.453 e. The van der Waals surface area contributed by atoms with Gasteiger partial charge in [0.2, 0.25) is 0 Å². The summed E-state index contributed by atoms with van der Waals surface area (Å²) in [5.74, 6) is 0.510. The van der Waals surface area contributed by atoms with Crippen molar-refractivity contribution in [2.45, 2.75) is 6.42 Å². The lowest BCUT2D eigenvalue weighted by Gasteiger charge is -2.07. The number of carbonyl (C=O) groups excluding carboxylic acids is 1. The number of amides is 1. The highest BCUT2D eigenvalue weighted by Gasteiger charge is 2.16. The van der Waals surface area contributed by atoms with E-state index in [-0.39, 0.29) is 0 Å². The summed E-state index contributed by atoms with van der Waals surface area (Å²) in [5, 5.41) is 4.70. The van der Waals surface area contributed by atoms with Gasteiger partial charge in [0.25, 0.3) is 0 Å². The lowest BCUT2D eigenvalue weighted by atomic mass is 10.1. The first-order valence-electron chi connectivity index (χ1n) is 8.61. The van der Waals surface area contributed by atoms with Gasteiger partial charge in [-0.2, -0.15) is 0 Å². The number of carbonyl (C=O) groups is 1. The second-order valence-electron chi connectivity index (χ2n) is 6.14. The molecule has 0 fully saturated rings. The first-order valence-corrected chi connectivity index (χ1v) is 9.15. The Kier molecular flexibility index (Phi) is 4.69. The topological polar surface area (TPSA) is 55.6 Å². The zero-order chi connectivity index (χ0) is 18.8. The molecule has 0 atom stereocenters. The van der Waals surface area contributed by atoms with Crippen molar-refractivity contribution in [3.05, 3.63) is 66.5 Å². The van der Waals surface area contributed by atoms with Crippen LogP contribution in [0.15, 0.2) is 60.8 Å². The van der Waals surface area contributed by atoms with Gasteiger partial charge in [-0.05, 0) is 23.6 Å². The number of pyridine rings is 1. The highest BCUT2D eigenvalue weighted by Crippen LogP contribution is 2.30. The summed E-state index contributed by atoms with van der Waals surface area (Å²) < 4.78 is 6.76. The van der Waals surface area contributed by atoms with Crippen LogP contribution in [0.2, 0.25) is 0 Å². The van der Waals surface area contributed by atoms with Gasteiger partial charge in [-0.3, -0.25) is 5.32 Å². The molecule has 0 saturated heterocycles. The van der Waals surface area contributed by atoms with Crippen LogP contribution in [-0.4, -0.2) is 28.5 Å². The lowest BCUT2D eigenvalue weighted by molar-refractivity contribution is 0.187. The summed E-state index contributed by atoms with van der Waals surface area (Å²) >= 11 is 6.07. The van der Waals surface area contributed by atoms with E-state index in [4.69, 9.17) is 16.6 Å². The Balaban J connectivity index is 1.95. The number of aromatic nitrogens is 2. The maximum absolute atomic E-state index is 11.5.